The summed E-state index contributed by atoms with van der Waals surface area (Å²) in [4.78, 5) is 15.5. The first-order chi connectivity index (χ1) is 14.1. The first kappa shape index (κ1) is 19.4. The van der Waals surface area contributed by atoms with E-state index >= 15 is 0 Å². The highest BCUT2D eigenvalue weighted by molar-refractivity contribution is 7.12. The molecule has 0 amide bonds. The Morgan fingerprint density at radius 3 is 2.41 bits per heavy atom. The molecule has 2 aromatic heterocycles. The van der Waals surface area contributed by atoms with Crippen LogP contribution >= 0.6 is 11.3 Å². The van der Waals surface area contributed by atoms with Gasteiger partial charge in [-0.25, -0.2) is 4.79 Å². The largest absolute Gasteiger partial charge is 0.507 e. The summed E-state index contributed by atoms with van der Waals surface area (Å²) >= 11 is 1.72. The molecule has 2 aromatic rings. The highest BCUT2D eigenvalue weighted by Crippen LogP contribution is 2.51. The van der Waals surface area contributed by atoms with Crippen LogP contribution in [0.25, 0.3) is 0 Å². The van der Waals surface area contributed by atoms with Crippen LogP contribution in [0.4, 0.5) is 0 Å². The summed E-state index contributed by atoms with van der Waals surface area (Å²) < 4.78 is 11.4. The van der Waals surface area contributed by atoms with E-state index in [9.17, 15) is 9.90 Å². The maximum Gasteiger partial charge on any atom is 0.343 e. The van der Waals surface area contributed by atoms with Crippen LogP contribution in [0.3, 0.4) is 0 Å². The average molecular weight is 415 g/mol. The van der Waals surface area contributed by atoms with Gasteiger partial charge in [-0.3, -0.25) is 0 Å². The topological polar surface area (TPSA) is 59.7 Å². The normalized spacial score (nSPS) is 22.5. The number of rotatable bonds is 7. The second-order valence-corrected chi connectivity index (χ2v) is 10.6. The van der Waals surface area contributed by atoms with Gasteiger partial charge in [0.15, 0.2) is 0 Å². The van der Waals surface area contributed by atoms with Gasteiger partial charge in [0, 0.05) is 40.9 Å². The third kappa shape index (κ3) is 4.17. The molecule has 1 N–H and O–H groups in total. The van der Waals surface area contributed by atoms with Gasteiger partial charge in [-0.05, 0) is 81.8 Å². The molecule has 156 valence electrons. The van der Waals surface area contributed by atoms with Gasteiger partial charge in [0.1, 0.15) is 11.5 Å². The van der Waals surface area contributed by atoms with Crippen LogP contribution in [-0.4, -0.2) is 18.3 Å². The maximum absolute atomic E-state index is 13.1. The second kappa shape index (κ2) is 7.92. The average Bonchev–Trinajstić information content (AvgIpc) is 3.62. The molecule has 1 aliphatic heterocycles. The van der Waals surface area contributed by atoms with Crippen LogP contribution in [0.5, 0.6) is 5.75 Å². The van der Waals surface area contributed by atoms with E-state index in [0.29, 0.717) is 29.1 Å². The summed E-state index contributed by atoms with van der Waals surface area (Å²) in [5, 5.41) is 11.0. The van der Waals surface area contributed by atoms with E-state index in [0.717, 1.165) is 45.3 Å². The highest BCUT2D eigenvalue weighted by atomic mass is 32.1. The summed E-state index contributed by atoms with van der Waals surface area (Å²) in [5.74, 6) is 2.69. The molecule has 0 radical (unpaired) electrons. The summed E-state index contributed by atoms with van der Waals surface area (Å²) in [5.41, 5.74) is 0.138. The van der Waals surface area contributed by atoms with E-state index in [1.807, 2.05) is 0 Å². The fourth-order valence-corrected chi connectivity index (χ4v) is 6.10. The third-order valence-electron chi connectivity index (χ3n) is 6.94. The van der Waals surface area contributed by atoms with Gasteiger partial charge in [0.2, 0.25) is 0 Å². The zero-order valence-electron chi connectivity index (χ0n) is 17.1. The lowest BCUT2D eigenvalue weighted by Gasteiger charge is -2.26. The molecule has 3 aliphatic rings. The minimum Gasteiger partial charge on any atom is -0.507 e. The molecule has 0 aromatic carbocycles. The zero-order valence-corrected chi connectivity index (χ0v) is 17.9. The Balaban J connectivity index is 1.46. The Morgan fingerprint density at radius 1 is 1.10 bits per heavy atom. The number of hydrogen-bond acceptors (Lipinski definition) is 5. The summed E-state index contributed by atoms with van der Waals surface area (Å²) in [6.45, 7) is 3.75. The van der Waals surface area contributed by atoms with Crippen LogP contribution in [0.15, 0.2) is 27.4 Å². The molecule has 4 nitrogen and oxygen atoms in total. The summed E-state index contributed by atoms with van der Waals surface area (Å²) in [7, 11) is 0. The van der Waals surface area contributed by atoms with E-state index in [2.05, 4.69) is 19.1 Å². The lowest BCUT2D eigenvalue weighted by Crippen LogP contribution is -2.20. The van der Waals surface area contributed by atoms with Crippen molar-refractivity contribution in [1.82, 2.24) is 0 Å². The number of aryl methyl sites for hydroxylation is 1. The van der Waals surface area contributed by atoms with Crippen molar-refractivity contribution in [1.29, 1.82) is 0 Å². The zero-order chi connectivity index (χ0) is 20.0. The van der Waals surface area contributed by atoms with E-state index in [1.165, 1.54) is 22.6 Å². The molecule has 29 heavy (non-hydrogen) atoms. The highest BCUT2D eigenvalue weighted by Gasteiger charge is 2.40. The number of ether oxygens (including phenoxy) is 1. The fraction of sp³-hybridized carbons (Fsp3) is 0.625. The maximum atomic E-state index is 13.1. The van der Waals surface area contributed by atoms with Crippen molar-refractivity contribution >= 4 is 11.3 Å². The molecule has 5 heteroatoms. The first-order valence-electron chi connectivity index (χ1n) is 11.1. The molecule has 3 heterocycles. The van der Waals surface area contributed by atoms with E-state index < -0.39 is 0 Å². The van der Waals surface area contributed by atoms with E-state index in [1.54, 1.807) is 17.4 Å². The van der Waals surface area contributed by atoms with Gasteiger partial charge in [-0.15, -0.1) is 11.3 Å². The number of thiophene rings is 1. The molecule has 2 saturated carbocycles. The minimum atomic E-state index is -0.333. The van der Waals surface area contributed by atoms with Crippen LogP contribution in [0.2, 0.25) is 0 Å². The van der Waals surface area contributed by atoms with Crippen molar-refractivity contribution in [2.75, 3.05) is 13.2 Å². The molecule has 2 atom stereocenters. The Labute approximate surface area is 175 Å². The Morgan fingerprint density at radius 2 is 1.83 bits per heavy atom. The first-order valence-corrected chi connectivity index (χ1v) is 11.9. The molecule has 1 saturated heterocycles. The number of hydrogen-bond donors (Lipinski definition) is 1. The molecule has 2 unspecified atom stereocenters. The van der Waals surface area contributed by atoms with Gasteiger partial charge >= 0.3 is 5.63 Å². The van der Waals surface area contributed by atoms with Crippen molar-refractivity contribution in [2.24, 2.45) is 17.8 Å². The predicted octanol–water partition coefficient (Wildman–Crippen LogP) is 5.57. The Bertz CT molecular complexity index is 915. The van der Waals surface area contributed by atoms with Crippen LogP contribution < -0.4 is 5.63 Å². The SMILES string of the molecule is Cc1ccc(C(c2c(O)cc(C(CC3CCOCC3)C3CC3)oc2=O)C2CC2)s1. The fourth-order valence-electron chi connectivity index (χ4n) is 5.02. The standard InChI is InChI=1S/C24H30O4S/c1-14-2-7-21(29-14)22(17-5-6-17)23-19(25)13-20(28-24(23)26)18(16-3-4-16)12-15-8-10-27-11-9-15/h2,7,13,15-18,22,25H,3-6,8-12H2,1H3. The molecule has 2 aliphatic carbocycles. The van der Waals surface area contributed by atoms with Crippen LogP contribution in [0.1, 0.15) is 77.9 Å². The van der Waals surface area contributed by atoms with Gasteiger partial charge in [0.25, 0.3) is 0 Å². The van der Waals surface area contributed by atoms with Gasteiger partial charge < -0.3 is 14.3 Å². The Hall–Kier alpha value is -1.59. The molecule has 5 rings (SSSR count). The van der Waals surface area contributed by atoms with Gasteiger partial charge in [-0.1, -0.05) is 0 Å². The predicted molar refractivity (Wildman–Crippen MR) is 114 cm³/mol. The van der Waals surface area contributed by atoms with Gasteiger partial charge in [0.05, 0.1) is 5.56 Å². The Kier molecular flexibility index (Phi) is 5.29. The molecule has 3 fully saturated rings. The van der Waals surface area contributed by atoms with Crippen LogP contribution in [-0.2, 0) is 4.74 Å². The monoisotopic (exact) mass is 414 g/mol. The molecular formula is C24H30O4S. The quantitative estimate of drug-likeness (QED) is 0.644. The summed E-state index contributed by atoms with van der Waals surface area (Å²) in [6.07, 6.45) is 7.80. The van der Waals surface area contributed by atoms with Crippen molar-refractivity contribution in [3.63, 3.8) is 0 Å². The van der Waals surface area contributed by atoms with Crippen LogP contribution in [0, 0.1) is 24.7 Å². The molecule has 0 bridgehead atoms. The second-order valence-electron chi connectivity index (χ2n) is 9.23. The van der Waals surface area contributed by atoms with Crippen molar-refractivity contribution in [3.8, 4) is 5.75 Å². The summed E-state index contributed by atoms with van der Waals surface area (Å²) in [6, 6.07) is 5.97. The van der Waals surface area contributed by atoms with Gasteiger partial charge in [-0.2, -0.15) is 0 Å². The van der Waals surface area contributed by atoms with Crippen molar-refractivity contribution in [2.45, 2.75) is 63.7 Å². The van der Waals surface area contributed by atoms with Crippen molar-refractivity contribution < 1.29 is 14.3 Å². The smallest absolute Gasteiger partial charge is 0.343 e. The molecular weight excluding hydrogens is 384 g/mol. The lowest BCUT2D eigenvalue weighted by atomic mass is 9.84. The minimum absolute atomic E-state index is 0.0335. The third-order valence-corrected chi connectivity index (χ3v) is 8.03. The van der Waals surface area contributed by atoms with Crippen molar-refractivity contribution in [3.05, 3.63) is 49.7 Å². The number of aromatic hydroxyl groups is 1. The molecule has 0 spiro atoms. The van der Waals surface area contributed by atoms with E-state index in [-0.39, 0.29) is 23.2 Å². The lowest BCUT2D eigenvalue weighted by molar-refractivity contribution is 0.0599. The van der Waals surface area contributed by atoms with E-state index in [4.69, 9.17) is 9.15 Å².